The third kappa shape index (κ3) is 9.45. The Kier molecular flexibility index (Phi) is 11.1. The number of rotatable bonds is 6. The molecule has 0 unspecified atom stereocenters. The summed E-state index contributed by atoms with van der Waals surface area (Å²) in [6.45, 7) is 11.8. The molecule has 2 aromatic rings. The highest BCUT2D eigenvalue weighted by Gasteiger charge is 2.51. The van der Waals surface area contributed by atoms with Crippen LogP contribution in [0, 0.1) is 32.1 Å². The first-order valence-corrected chi connectivity index (χ1v) is 11.8. The fraction of sp³-hybridized carbons (Fsp3) is 0.583. The normalized spacial score (nSPS) is 20.7. The Morgan fingerprint density at radius 2 is 1.70 bits per heavy atom. The average molecular weight is 585 g/mol. The number of likely N-dealkylation sites (tertiary alicyclic amines) is 1. The van der Waals surface area contributed by atoms with Gasteiger partial charge in [0.1, 0.15) is 5.76 Å². The Morgan fingerprint density at radius 3 is 2.20 bits per heavy atom. The van der Waals surface area contributed by atoms with Crippen molar-refractivity contribution < 1.29 is 60.1 Å². The van der Waals surface area contributed by atoms with E-state index in [4.69, 9.17) is 33.8 Å². The molecular weight excluding hydrogens is 556 g/mol. The molecule has 2 aliphatic rings. The number of aryl methyl sites for hydroxylation is 3. The van der Waals surface area contributed by atoms with E-state index in [0.717, 1.165) is 55.7 Å². The molecular formula is C24H29F6N3O7. The SMILES string of the molecule is Cc1cccc(COC[C@]23COC[C@H]2CN(Cc2c(C)noc2C)C3)n1.O=C(O)C(F)(F)F.O=C(O)C(F)(F)F. The van der Waals surface area contributed by atoms with Crippen LogP contribution < -0.4 is 0 Å². The van der Waals surface area contributed by atoms with E-state index in [1.165, 1.54) is 5.56 Å². The molecule has 2 atom stereocenters. The minimum absolute atomic E-state index is 0.0861. The first-order chi connectivity index (χ1) is 18.4. The highest BCUT2D eigenvalue weighted by atomic mass is 19.4. The molecule has 4 rings (SSSR count). The number of aromatic nitrogens is 2. The standard InChI is InChI=1S/C20H27N3O3.2C2HF3O2/c1-14-5-4-6-18(21-14)10-25-13-20-11-23(7-17(20)9-24-12-20)8-19-15(2)22-26-16(19)3;2*3-2(4,5)1(6)7/h4-6,17H,7-13H2,1-3H3;2*(H,6,7)/t17-,20+;;/m1../s1. The molecule has 10 nitrogen and oxygen atoms in total. The van der Waals surface area contributed by atoms with Crippen LogP contribution >= 0.6 is 0 Å². The quantitative estimate of drug-likeness (QED) is 0.480. The number of carboxylic acids is 2. The molecule has 4 heterocycles. The van der Waals surface area contributed by atoms with Gasteiger partial charge in [0.25, 0.3) is 0 Å². The smallest absolute Gasteiger partial charge is 0.475 e. The van der Waals surface area contributed by atoms with Gasteiger partial charge in [-0.2, -0.15) is 26.3 Å². The molecule has 0 radical (unpaired) electrons. The van der Waals surface area contributed by atoms with Crippen molar-refractivity contribution in [2.45, 2.75) is 46.3 Å². The molecule has 224 valence electrons. The lowest BCUT2D eigenvalue weighted by Gasteiger charge is -2.27. The lowest BCUT2D eigenvalue weighted by Crippen LogP contribution is -2.35. The fourth-order valence-corrected chi connectivity index (χ4v) is 4.26. The number of halogens is 6. The molecule has 0 amide bonds. The number of nitrogens with zero attached hydrogens (tertiary/aromatic N) is 3. The number of alkyl halides is 6. The summed E-state index contributed by atoms with van der Waals surface area (Å²) < 4.78 is 80.7. The van der Waals surface area contributed by atoms with Crippen LogP contribution in [-0.4, -0.2) is 82.5 Å². The van der Waals surface area contributed by atoms with E-state index in [-0.39, 0.29) is 5.41 Å². The van der Waals surface area contributed by atoms with Crippen molar-refractivity contribution in [2.75, 3.05) is 32.9 Å². The monoisotopic (exact) mass is 585 g/mol. The van der Waals surface area contributed by atoms with E-state index >= 15 is 0 Å². The molecule has 0 aromatic carbocycles. The van der Waals surface area contributed by atoms with Crippen molar-refractivity contribution in [2.24, 2.45) is 11.3 Å². The number of fused-ring (bicyclic) bond motifs is 1. The molecule has 40 heavy (non-hydrogen) atoms. The van der Waals surface area contributed by atoms with Gasteiger partial charge in [-0.1, -0.05) is 11.2 Å². The van der Waals surface area contributed by atoms with Crippen molar-refractivity contribution >= 4 is 11.9 Å². The third-order valence-electron chi connectivity index (χ3n) is 6.23. The first kappa shape index (κ1) is 33.0. The topological polar surface area (TPSA) is 135 Å². The molecule has 0 spiro atoms. The Hall–Kier alpha value is -3.24. The van der Waals surface area contributed by atoms with Crippen LogP contribution in [-0.2, 0) is 32.2 Å². The van der Waals surface area contributed by atoms with Crippen LogP contribution in [0.1, 0.15) is 28.4 Å². The summed E-state index contributed by atoms with van der Waals surface area (Å²) in [5.41, 5.74) is 4.31. The summed E-state index contributed by atoms with van der Waals surface area (Å²) in [5.74, 6) is -4.07. The van der Waals surface area contributed by atoms with Crippen LogP contribution in [0.25, 0.3) is 0 Å². The maximum absolute atomic E-state index is 10.6. The maximum Gasteiger partial charge on any atom is 0.490 e. The zero-order valence-corrected chi connectivity index (χ0v) is 21.8. The molecule has 2 aliphatic heterocycles. The minimum atomic E-state index is -5.08. The zero-order chi connectivity index (χ0) is 30.3. The van der Waals surface area contributed by atoms with Crippen LogP contribution in [0.2, 0.25) is 0 Å². The summed E-state index contributed by atoms with van der Waals surface area (Å²) in [4.78, 5) is 24.8. The van der Waals surface area contributed by atoms with Crippen LogP contribution in [0.3, 0.4) is 0 Å². The molecule has 0 bridgehead atoms. The summed E-state index contributed by atoms with van der Waals surface area (Å²) in [5, 5.41) is 18.3. The largest absolute Gasteiger partial charge is 0.490 e. The summed E-state index contributed by atoms with van der Waals surface area (Å²) in [7, 11) is 0. The number of aliphatic carboxylic acids is 2. The first-order valence-electron chi connectivity index (χ1n) is 11.8. The van der Waals surface area contributed by atoms with Crippen LogP contribution in [0.15, 0.2) is 22.7 Å². The third-order valence-corrected chi connectivity index (χ3v) is 6.23. The van der Waals surface area contributed by atoms with Crippen LogP contribution in [0.4, 0.5) is 26.3 Å². The van der Waals surface area contributed by atoms with Crippen molar-refractivity contribution in [3.63, 3.8) is 0 Å². The highest BCUT2D eigenvalue weighted by molar-refractivity contribution is 5.73. The van der Waals surface area contributed by atoms with E-state index in [1.54, 1.807) is 0 Å². The second-order valence-electron chi connectivity index (χ2n) is 9.42. The molecule has 2 fully saturated rings. The molecule has 0 aliphatic carbocycles. The molecule has 2 N–H and O–H groups in total. The second kappa shape index (κ2) is 13.4. The number of hydrogen-bond donors (Lipinski definition) is 2. The summed E-state index contributed by atoms with van der Waals surface area (Å²) in [6.07, 6.45) is -10.2. The van der Waals surface area contributed by atoms with E-state index in [0.29, 0.717) is 19.1 Å². The Bertz CT molecular complexity index is 1110. The maximum atomic E-state index is 10.6. The fourth-order valence-electron chi connectivity index (χ4n) is 4.26. The highest BCUT2D eigenvalue weighted by Crippen LogP contribution is 2.42. The minimum Gasteiger partial charge on any atom is -0.475 e. The van der Waals surface area contributed by atoms with Gasteiger partial charge in [-0.3, -0.25) is 9.88 Å². The van der Waals surface area contributed by atoms with Gasteiger partial charge in [-0.15, -0.1) is 0 Å². The lowest BCUT2D eigenvalue weighted by atomic mass is 9.82. The number of ether oxygens (including phenoxy) is 2. The molecule has 2 aromatic heterocycles. The Balaban J connectivity index is 0.000000333. The number of hydrogen-bond acceptors (Lipinski definition) is 8. The number of pyridine rings is 1. The summed E-state index contributed by atoms with van der Waals surface area (Å²) in [6, 6.07) is 6.06. The van der Waals surface area contributed by atoms with Gasteiger partial charge in [0.05, 0.1) is 37.8 Å². The van der Waals surface area contributed by atoms with E-state index in [2.05, 4.69) is 15.0 Å². The second-order valence-corrected chi connectivity index (χ2v) is 9.42. The van der Waals surface area contributed by atoms with Gasteiger partial charge >= 0.3 is 24.3 Å². The molecule has 0 saturated carbocycles. The van der Waals surface area contributed by atoms with Gasteiger partial charge < -0.3 is 24.2 Å². The number of carbonyl (C=O) groups is 2. The van der Waals surface area contributed by atoms with E-state index in [1.807, 2.05) is 39.0 Å². The summed E-state index contributed by atoms with van der Waals surface area (Å²) >= 11 is 0. The van der Waals surface area contributed by atoms with Crippen molar-refractivity contribution in [3.8, 4) is 0 Å². The Labute approximate surface area is 224 Å². The van der Waals surface area contributed by atoms with Crippen molar-refractivity contribution in [3.05, 3.63) is 46.6 Å². The van der Waals surface area contributed by atoms with Gasteiger partial charge in [0, 0.05) is 42.2 Å². The van der Waals surface area contributed by atoms with Crippen LogP contribution in [0.5, 0.6) is 0 Å². The van der Waals surface area contributed by atoms with Crippen molar-refractivity contribution in [1.29, 1.82) is 0 Å². The predicted octanol–water partition coefficient (Wildman–Crippen LogP) is 3.93. The van der Waals surface area contributed by atoms with Crippen molar-refractivity contribution in [1.82, 2.24) is 15.0 Å². The molecule has 2 saturated heterocycles. The van der Waals surface area contributed by atoms with E-state index in [9.17, 15) is 26.3 Å². The zero-order valence-electron chi connectivity index (χ0n) is 21.8. The van der Waals surface area contributed by atoms with Gasteiger partial charge in [0.2, 0.25) is 0 Å². The Morgan fingerprint density at radius 1 is 1.10 bits per heavy atom. The number of carboxylic acid groups (broad SMARTS) is 2. The van der Waals surface area contributed by atoms with Gasteiger partial charge in [-0.25, -0.2) is 9.59 Å². The van der Waals surface area contributed by atoms with E-state index < -0.39 is 24.3 Å². The van der Waals surface area contributed by atoms with Gasteiger partial charge in [-0.05, 0) is 32.9 Å². The average Bonchev–Trinajstić information content (AvgIpc) is 3.47. The predicted molar refractivity (Wildman–Crippen MR) is 124 cm³/mol. The lowest BCUT2D eigenvalue weighted by molar-refractivity contribution is -0.193. The van der Waals surface area contributed by atoms with Gasteiger partial charge in [0.15, 0.2) is 0 Å². The molecule has 16 heteroatoms.